The van der Waals surface area contributed by atoms with E-state index in [0.717, 1.165) is 25.7 Å². The van der Waals surface area contributed by atoms with E-state index in [9.17, 15) is 9.59 Å². The third kappa shape index (κ3) is 3.37. The lowest BCUT2D eigenvalue weighted by Crippen LogP contribution is -2.53. The van der Waals surface area contributed by atoms with Crippen LogP contribution in [-0.4, -0.2) is 65.3 Å². The molecule has 6 heteroatoms. The van der Waals surface area contributed by atoms with Gasteiger partial charge in [0.2, 0.25) is 0 Å². The molecule has 2 unspecified atom stereocenters. The summed E-state index contributed by atoms with van der Waals surface area (Å²) in [7, 11) is 1.69. The maximum absolute atomic E-state index is 12.5. The summed E-state index contributed by atoms with van der Waals surface area (Å²) < 4.78 is 5.33. The summed E-state index contributed by atoms with van der Waals surface area (Å²) in [5, 5.41) is 8.92. The van der Waals surface area contributed by atoms with Crippen molar-refractivity contribution in [1.29, 1.82) is 0 Å². The Kier molecular flexibility index (Phi) is 4.29. The van der Waals surface area contributed by atoms with E-state index in [1.165, 1.54) is 4.90 Å². The maximum Gasteiger partial charge on any atom is 0.323 e. The molecule has 0 aromatic rings. The number of ether oxygens (including phenoxy) is 1. The fourth-order valence-corrected chi connectivity index (χ4v) is 2.68. The Labute approximate surface area is 113 Å². The van der Waals surface area contributed by atoms with Gasteiger partial charge >= 0.3 is 12.0 Å². The summed E-state index contributed by atoms with van der Waals surface area (Å²) in [6.07, 6.45) is 3.67. The number of carbonyl (C=O) groups excluding carboxylic acids is 1. The van der Waals surface area contributed by atoms with Crippen LogP contribution in [0.25, 0.3) is 0 Å². The summed E-state index contributed by atoms with van der Waals surface area (Å²) in [5.41, 5.74) is 0. The Balaban J connectivity index is 1.99. The molecule has 0 radical (unpaired) electrons. The van der Waals surface area contributed by atoms with Gasteiger partial charge in [-0.25, -0.2) is 4.79 Å². The highest BCUT2D eigenvalue weighted by Crippen LogP contribution is 2.29. The first-order chi connectivity index (χ1) is 9.02. The number of aliphatic carboxylic acids is 1. The number of hydrogen-bond donors (Lipinski definition) is 1. The van der Waals surface area contributed by atoms with Crippen LogP contribution in [0.3, 0.4) is 0 Å². The van der Waals surface area contributed by atoms with E-state index in [0.29, 0.717) is 6.54 Å². The van der Waals surface area contributed by atoms with Crippen molar-refractivity contribution < 1.29 is 19.4 Å². The fourth-order valence-electron chi connectivity index (χ4n) is 2.68. The molecular formula is C13H22N2O4. The smallest absolute Gasteiger partial charge is 0.323 e. The molecule has 2 aliphatic rings. The van der Waals surface area contributed by atoms with E-state index in [-0.39, 0.29) is 30.8 Å². The van der Waals surface area contributed by atoms with Gasteiger partial charge in [0, 0.05) is 25.7 Å². The molecule has 1 heterocycles. The van der Waals surface area contributed by atoms with E-state index < -0.39 is 5.97 Å². The Morgan fingerprint density at radius 3 is 2.53 bits per heavy atom. The van der Waals surface area contributed by atoms with Gasteiger partial charge in [-0.3, -0.25) is 4.79 Å². The zero-order valence-corrected chi connectivity index (χ0v) is 11.5. The number of likely N-dealkylation sites (tertiary alicyclic amines) is 1. The third-order valence-corrected chi connectivity index (χ3v) is 3.95. The van der Waals surface area contributed by atoms with E-state index in [4.69, 9.17) is 9.84 Å². The predicted molar refractivity (Wildman–Crippen MR) is 69.0 cm³/mol. The standard InChI is InChI=1S/C13H22N2O4/c1-9-7-11(19-2)5-6-14(9)13(18)15(8-12(16)17)10-3-4-10/h9-11H,3-8H2,1-2H3,(H,16,17). The van der Waals surface area contributed by atoms with Crippen molar-refractivity contribution >= 4 is 12.0 Å². The highest BCUT2D eigenvalue weighted by atomic mass is 16.5. The minimum absolute atomic E-state index is 0.0984. The van der Waals surface area contributed by atoms with Gasteiger partial charge < -0.3 is 19.6 Å². The second-order valence-corrected chi connectivity index (χ2v) is 5.46. The molecule has 1 aliphatic carbocycles. The zero-order valence-electron chi connectivity index (χ0n) is 11.5. The maximum atomic E-state index is 12.5. The van der Waals surface area contributed by atoms with Crippen LogP contribution in [-0.2, 0) is 9.53 Å². The first-order valence-corrected chi connectivity index (χ1v) is 6.84. The van der Waals surface area contributed by atoms with Gasteiger partial charge in [-0.1, -0.05) is 0 Å². The molecule has 6 nitrogen and oxygen atoms in total. The average Bonchev–Trinajstić information content (AvgIpc) is 3.19. The first-order valence-electron chi connectivity index (χ1n) is 6.84. The molecule has 19 heavy (non-hydrogen) atoms. The van der Waals surface area contributed by atoms with Crippen molar-refractivity contribution in [1.82, 2.24) is 9.80 Å². The number of piperidine rings is 1. The third-order valence-electron chi connectivity index (χ3n) is 3.95. The van der Waals surface area contributed by atoms with Gasteiger partial charge in [0.15, 0.2) is 0 Å². The predicted octanol–water partition coefficient (Wildman–Crippen LogP) is 1.15. The molecule has 0 aromatic carbocycles. The van der Waals surface area contributed by atoms with E-state index in [1.807, 2.05) is 6.92 Å². The molecule has 0 bridgehead atoms. The largest absolute Gasteiger partial charge is 0.480 e. The molecule has 0 spiro atoms. The first kappa shape index (κ1) is 14.1. The monoisotopic (exact) mass is 270 g/mol. The van der Waals surface area contributed by atoms with Crippen LogP contribution in [0.5, 0.6) is 0 Å². The van der Waals surface area contributed by atoms with Crippen LogP contribution in [0, 0.1) is 0 Å². The van der Waals surface area contributed by atoms with Crippen molar-refractivity contribution in [2.24, 2.45) is 0 Å². The molecule has 108 valence electrons. The van der Waals surface area contributed by atoms with Crippen LogP contribution < -0.4 is 0 Å². The molecular weight excluding hydrogens is 248 g/mol. The molecule has 2 rings (SSSR count). The van der Waals surface area contributed by atoms with Crippen LogP contribution in [0.15, 0.2) is 0 Å². The molecule has 0 aromatic heterocycles. The number of carboxylic acid groups (broad SMARTS) is 1. The van der Waals surface area contributed by atoms with Crippen LogP contribution in [0.1, 0.15) is 32.6 Å². The minimum atomic E-state index is -0.945. The van der Waals surface area contributed by atoms with Crippen molar-refractivity contribution in [3.05, 3.63) is 0 Å². The summed E-state index contributed by atoms with van der Waals surface area (Å²) in [6, 6.07) is 0.0872. The van der Waals surface area contributed by atoms with Gasteiger partial charge in [0.05, 0.1) is 6.10 Å². The summed E-state index contributed by atoms with van der Waals surface area (Å²) in [6.45, 7) is 2.44. The number of carboxylic acids is 1. The van der Waals surface area contributed by atoms with Gasteiger partial charge in [-0.15, -0.1) is 0 Å². The van der Waals surface area contributed by atoms with E-state index in [2.05, 4.69) is 0 Å². The Bertz CT molecular complexity index is 357. The van der Waals surface area contributed by atoms with Gasteiger partial charge in [-0.05, 0) is 32.6 Å². The average molecular weight is 270 g/mol. The number of rotatable bonds is 4. The van der Waals surface area contributed by atoms with Crippen molar-refractivity contribution in [2.45, 2.75) is 50.8 Å². The molecule has 2 amide bonds. The Morgan fingerprint density at radius 1 is 1.37 bits per heavy atom. The molecule has 1 N–H and O–H groups in total. The van der Waals surface area contributed by atoms with E-state index in [1.54, 1.807) is 12.0 Å². The highest BCUT2D eigenvalue weighted by Gasteiger charge is 2.38. The lowest BCUT2D eigenvalue weighted by Gasteiger charge is -2.39. The topological polar surface area (TPSA) is 70.1 Å². The normalized spacial score (nSPS) is 27.2. The quantitative estimate of drug-likeness (QED) is 0.832. The Hall–Kier alpha value is -1.30. The number of nitrogens with zero attached hydrogens (tertiary/aromatic N) is 2. The highest BCUT2D eigenvalue weighted by molar-refractivity contribution is 5.81. The van der Waals surface area contributed by atoms with Crippen molar-refractivity contribution in [3.63, 3.8) is 0 Å². The molecule has 1 saturated carbocycles. The second kappa shape index (κ2) is 5.77. The zero-order chi connectivity index (χ0) is 14.0. The lowest BCUT2D eigenvalue weighted by atomic mass is 10.0. The van der Waals surface area contributed by atoms with Crippen molar-refractivity contribution in [3.8, 4) is 0 Å². The number of hydrogen-bond acceptors (Lipinski definition) is 3. The minimum Gasteiger partial charge on any atom is -0.480 e. The van der Waals surface area contributed by atoms with Gasteiger partial charge in [0.25, 0.3) is 0 Å². The fraction of sp³-hybridized carbons (Fsp3) is 0.846. The molecule has 2 fully saturated rings. The summed E-state index contributed by atoms with van der Waals surface area (Å²) in [4.78, 5) is 26.6. The van der Waals surface area contributed by atoms with Crippen molar-refractivity contribution in [2.75, 3.05) is 20.2 Å². The van der Waals surface area contributed by atoms with Gasteiger partial charge in [0.1, 0.15) is 6.54 Å². The van der Waals surface area contributed by atoms with Crippen LogP contribution in [0.4, 0.5) is 4.79 Å². The van der Waals surface area contributed by atoms with Crippen LogP contribution in [0.2, 0.25) is 0 Å². The van der Waals surface area contributed by atoms with Gasteiger partial charge in [-0.2, -0.15) is 0 Å². The number of carbonyl (C=O) groups is 2. The summed E-state index contributed by atoms with van der Waals surface area (Å²) >= 11 is 0. The number of methoxy groups -OCH3 is 1. The second-order valence-electron chi connectivity index (χ2n) is 5.46. The lowest BCUT2D eigenvalue weighted by molar-refractivity contribution is -0.138. The summed E-state index contributed by atoms with van der Waals surface area (Å²) in [5.74, 6) is -0.945. The molecule has 1 saturated heterocycles. The SMILES string of the molecule is COC1CCN(C(=O)N(CC(=O)O)C2CC2)C(C)C1. The van der Waals surface area contributed by atoms with Crippen LogP contribution >= 0.6 is 0 Å². The molecule has 2 atom stereocenters. The van der Waals surface area contributed by atoms with E-state index >= 15 is 0 Å². The Morgan fingerprint density at radius 2 is 2.05 bits per heavy atom. The number of urea groups is 1. The number of amides is 2. The molecule has 1 aliphatic heterocycles.